The highest BCUT2D eigenvalue weighted by Gasteiger charge is 2.35. The quantitative estimate of drug-likeness (QED) is 0.714. The largest absolute Gasteiger partial charge is 0.416 e. The average Bonchev–Trinajstić information content (AvgIpc) is 3.10. The molecular formula is C20H18F3N3O. The highest BCUT2D eigenvalue weighted by molar-refractivity contribution is 5.98. The molecule has 0 unspecified atom stereocenters. The molecule has 0 fully saturated rings. The molecular weight excluding hydrogens is 355 g/mol. The van der Waals surface area contributed by atoms with Gasteiger partial charge in [0.1, 0.15) is 0 Å². The fourth-order valence-electron chi connectivity index (χ4n) is 2.61. The maximum absolute atomic E-state index is 13.0. The lowest BCUT2D eigenvalue weighted by atomic mass is 9.83. The van der Waals surface area contributed by atoms with Crippen LogP contribution in [-0.4, -0.2) is 15.7 Å². The first-order valence-electron chi connectivity index (χ1n) is 8.27. The summed E-state index contributed by atoms with van der Waals surface area (Å²) in [6.45, 7) is 3.17. The molecule has 1 N–H and O–H groups in total. The van der Waals surface area contributed by atoms with E-state index in [-0.39, 0.29) is 5.56 Å². The number of carbonyl (C=O) groups excluding carboxylic acids is 1. The number of aromatic nitrogens is 2. The van der Waals surface area contributed by atoms with Gasteiger partial charge in [-0.05, 0) is 37.6 Å². The number of hydrogen-bond acceptors (Lipinski definition) is 2. The molecule has 4 nitrogen and oxygen atoms in total. The molecule has 0 aliphatic heterocycles. The van der Waals surface area contributed by atoms with Gasteiger partial charge in [-0.3, -0.25) is 4.79 Å². The Morgan fingerprint density at radius 3 is 2.33 bits per heavy atom. The van der Waals surface area contributed by atoms with E-state index in [1.165, 1.54) is 18.3 Å². The first kappa shape index (κ1) is 18.7. The lowest BCUT2D eigenvalue weighted by Crippen LogP contribution is -2.34. The van der Waals surface area contributed by atoms with Gasteiger partial charge in [-0.1, -0.05) is 36.4 Å². The topological polar surface area (TPSA) is 46.9 Å². The van der Waals surface area contributed by atoms with Crippen LogP contribution in [0.5, 0.6) is 0 Å². The number of nitrogens with one attached hydrogen (secondary N) is 1. The van der Waals surface area contributed by atoms with Crippen molar-refractivity contribution in [2.45, 2.75) is 25.4 Å². The van der Waals surface area contributed by atoms with Crippen LogP contribution in [0.15, 0.2) is 67.0 Å². The number of carbonyl (C=O) groups is 1. The third kappa shape index (κ3) is 4.02. The van der Waals surface area contributed by atoms with Gasteiger partial charge < -0.3 is 5.32 Å². The Kier molecular flexibility index (Phi) is 4.78. The molecule has 0 spiro atoms. The Balaban J connectivity index is 1.80. The van der Waals surface area contributed by atoms with Crippen LogP contribution in [0.3, 0.4) is 0 Å². The van der Waals surface area contributed by atoms with Crippen LogP contribution >= 0.6 is 0 Å². The van der Waals surface area contributed by atoms with Crippen LogP contribution in [0, 0.1) is 0 Å². The monoisotopic (exact) mass is 373 g/mol. The number of anilines is 1. The molecule has 7 heteroatoms. The molecule has 3 rings (SSSR count). The standard InChI is InChI=1S/C20H18F3N3O/c1-19(2,14-7-6-8-15(11-14)20(21,22)23)18(27)25-16-12-24-26(13-16)17-9-4-3-5-10-17/h3-13H,1-2H3,(H,25,27). The first-order chi connectivity index (χ1) is 12.7. The highest BCUT2D eigenvalue weighted by Crippen LogP contribution is 2.33. The van der Waals surface area contributed by atoms with Crippen molar-refractivity contribution in [1.29, 1.82) is 0 Å². The number of para-hydroxylation sites is 1. The minimum Gasteiger partial charge on any atom is -0.323 e. The number of alkyl halides is 3. The summed E-state index contributed by atoms with van der Waals surface area (Å²) in [7, 11) is 0. The Labute approximate surface area is 154 Å². The fraction of sp³-hybridized carbons (Fsp3) is 0.200. The zero-order valence-electron chi connectivity index (χ0n) is 14.8. The van der Waals surface area contributed by atoms with Gasteiger partial charge in [-0.25, -0.2) is 4.68 Å². The van der Waals surface area contributed by atoms with Gasteiger partial charge in [0.15, 0.2) is 0 Å². The van der Waals surface area contributed by atoms with Gasteiger partial charge in [0.2, 0.25) is 5.91 Å². The summed E-state index contributed by atoms with van der Waals surface area (Å²) < 4.78 is 40.5. The second-order valence-electron chi connectivity index (χ2n) is 6.67. The van der Waals surface area contributed by atoms with Crippen molar-refractivity contribution in [3.8, 4) is 5.69 Å². The van der Waals surface area contributed by atoms with Gasteiger partial charge in [0, 0.05) is 0 Å². The molecule has 1 heterocycles. The minimum atomic E-state index is -4.46. The molecule has 0 aliphatic carbocycles. The van der Waals surface area contributed by atoms with E-state index in [2.05, 4.69) is 10.4 Å². The molecule has 0 aliphatic rings. The summed E-state index contributed by atoms with van der Waals surface area (Å²) in [6, 6.07) is 14.2. The summed E-state index contributed by atoms with van der Waals surface area (Å²) in [6.07, 6.45) is -1.32. The zero-order valence-corrected chi connectivity index (χ0v) is 14.8. The third-order valence-electron chi connectivity index (χ3n) is 4.34. The predicted octanol–water partition coefficient (Wildman–Crippen LogP) is 4.81. The van der Waals surface area contributed by atoms with E-state index in [0.29, 0.717) is 5.69 Å². The molecule has 1 amide bonds. The summed E-state index contributed by atoms with van der Waals surface area (Å²) in [4.78, 5) is 12.7. The lowest BCUT2D eigenvalue weighted by Gasteiger charge is -2.24. The van der Waals surface area contributed by atoms with Gasteiger partial charge in [-0.15, -0.1) is 0 Å². The predicted molar refractivity (Wildman–Crippen MR) is 96.7 cm³/mol. The van der Waals surface area contributed by atoms with E-state index >= 15 is 0 Å². The third-order valence-corrected chi connectivity index (χ3v) is 4.34. The van der Waals surface area contributed by atoms with Crippen molar-refractivity contribution in [2.75, 3.05) is 5.32 Å². The minimum absolute atomic E-state index is 0.283. The van der Waals surface area contributed by atoms with Gasteiger partial charge in [0.25, 0.3) is 0 Å². The molecule has 140 valence electrons. The van der Waals surface area contributed by atoms with E-state index in [1.54, 1.807) is 24.7 Å². The van der Waals surface area contributed by atoms with Gasteiger partial charge in [-0.2, -0.15) is 18.3 Å². The molecule has 27 heavy (non-hydrogen) atoms. The maximum atomic E-state index is 13.0. The van der Waals surface area contributed by atoms with Crippen molar-refractivity contribution in [2.24, 2.45) is 0 Å². The van der Waals surface area contributed by atoms with E-state index in [4.69, 9.17) is 0 Å². The van der Waals surface area contributed by atoms with Crippen molar-refractivity contribution >= 4 is 11.6 Å². The second-order valence-corrected chi connectivity index (χ2v) is 6.67. The Morgan fingerprint density at radius 2 is 1.67 bits per heavy atom. The smallest absolute Gasteiger partial charge is 0.323 e. The zero-order chi connectivity index (χ0) is 19.7. The summed E-state index contributed by atoms with van der Waals surface area (Å²) in [5.41, 5.74) is -0.363. The first-order valence-corrected chi connectivity index (χ1v) is 8.27. The van der Waals surface area contributed by atoms with Crippen molar-refractivity contribution < 1.29 is 18.0 Å². The summed E-state index contributed by atoms with van der Waals surface area (Å²) in [5.74, 6) is -0.422. The summed E-state index contributed by atoms with van der Waals surface area (Å²) >= 11 is 0. The van der Waals surface area contributed by atoms with Crippen LogP contribution in [0.4, 0.5) is 18.9 Å². The molecule has 3 aromatic rings. The van der Waals surface area contributed by atoms with Crippen molar-refractivity contribution in [3.63, 3.8) is 0 Å². The Bertz CT molecular complexity index is 946. The number of hydrogen-bond donors (Lipinski definition) is 1. The Morgan fingerprint density at radius 1 is 1.00 bits per heavy atom. The van der Waals surface area contributed by atoms with E-state index in [1.807, 2.05) is 30.3 Å². The molecule has 0 radical (unpaired) electrons. The van der Waals surface area contributed by atoms with E-state index in [9.17, 15) is 18.0 Å². The molecule has 0 atom stereocenters. The number of amides is 1. The van der Waals surface area contributed by atoms with Crippen molar-refractivity contribution in [3.05, 3.63) is 78.1 Å². The highest BCUT2D eigenvalue weighted by atomic mass is 19.4. The van der Waals surface area contributed by atoms with Crippen molar-refractivity contribution in [1.82, 2.24) is 9.78 Å². The number of benzene rings is 2. The molecule has 0 saturated heterocycles. The van der Waals surface area contributed by atoms with Crippen LogP contribution in [0.1, 0.15) is 25.0 Å². The number of halogens is 3. The summed E-state index contributed by atoms with van der Waals surface area (Å²) in [5, 5.41) is 6.92. The maximum Gasteiger partial charge on any atom is 0.416 e. The molecule has 0 saturated carbocycles. The number of rotatable bonds is 4. The fourth-order valence-corrected chi connectivity index (χ4v) is 2.61. The van der Waals surface area contributed by atoms with Gasteiger partial charge >= 0.3 is 6.18 Å². The van der Waals surface area contributed by atoms with Crippen LogP contribution in [-0.2, 0) is 16.4 Å². The number of nitrogens with zero attached hydrogens (tertiary/aromatic N) is 2. The van der Waals surface area contributed by atoms with Crippen LogP contribution in [0.25, 0.3) is 5.69 Å². The molecule has 0 bridgehead atoms. The molecule has 2 aromatic carbocycles. The normalized spacial score (nSPS) is 12.0. The van der Waals surface area contributed by atoms with Gasteiger partial charge in [0.05, 0.1) is 34.7 Å². The Hall–Kier alpha value is -3.09. The second kappa shape index (κ2) is 6.90. The average molecular weight is 373 g/mol. The van der Waals surface area contributed by atoms with E-state index in [0.717, 1.165) is 17.8 Å². The van der Waals surface area contributed by atoms with E-state index < -0.39 is 23.1 Å². The molecule has 1 aromatic heterocycles. The van der Waals surface area contributed by atoms with Crippen LogP contribution < -0.4 is 5.32 Å². The SMILES string of the molecule is CC(C)(C(=O)Nc1cnn(-c2ccccc2)c1)c1cccc(C(F)(F)F)c1. The van der Waals surface area contributed by atoms with Crippen LogP contribution in [0.2, 0.25) is 0 Å². The lowest BCUT2D eigenvalue weighted by molar-refractivity contribution is -0.137.